The van der Waals surface area contributed by atoms with Gasteiger partial charge in [-0.2, -0.15) is 5.10 Å². The van der Waals surface area contributed by atoms with Gasteiger partial charge in [0.15, 0.2) is 0 Å². The first-order valence-electron chi connectivity index (χ1n) is 12.7. The minimum Gasteiger partial charge on any atom is -0.481 e. The van der Waals surface area contributed by atoms with Crippen LogP contribution in [0.5, 0.6) is 0 Å². The molecular formula is C31H32N2O3. The standard InChI is InChI=1S/C31H32N2O3/c1-2-33-28(9-6-10-29(34)25-7-4-3-5-8-25)27(21-32-33)24-13-11-22(12-14-24)23-15-17-26(18-16-23)31(19-20-31)30(35)36/h3-5,7-8,11-18,21,29,34H,2,6,9-10,19-20H2,1H3,(H,35,36). The van der Waals surface area contributed by atoms with Crippen LogP contribution in [0.1, 0.15) is 55.5 Å². The van der Waals surface area contributed by atoms with E-state index < -0.39 is 17.5 Å². The molecule has 5 rings (SSSR count). The van der Waals surface area contributed by atoms with Gasteiger partial charge in [-0.05, 0) is 66.8 Å². The lowest BCUT2D eigenvalue weighted by Crippen LogP contribution is -2.19. The van der Waals surface area contributed by atoms with Gasteiger partial charge in [0.1, 0.15) is 0 Å². The van der Waals surface area contributed by atoms with E-state index in [1.807, 2.05) is 65.5 Å². The fraction of sp³-hybridized carbons (Fsp3) is 0.290. The number of aryl methyl sites for hydroxylation is 1. The maximum absolute atomic E-state index is 11.6. The van der Waals surface area contributed by atoms with Gasteiger partial charge in [-0.25, -0.2) is 0 Å². The van der Waals surface area contributed by atoms with Gasteiger partial charge in [0.05, 0.1) is 17.7 Å². The molecule has 0 amide bonds. The number of benzene rings is 3. The summed E-state index contributed by atoms with van der Waals surface area (Å²) in [4.78, 5) is 11.6. The molecule has 1 fully saturated rings. The molecule has 1 aliphatic rings. The van der Waals surface area contributed by atoms with Crippen molar-refractivity contribution in [2.45, 2.75) is 57.1 Å². The molecule has 3 aromatic carbocycles. The smallest absolute Gasteiger partial charge is 0.314 e. The molecule has 184 valence electrons. The molecule has 0 saturated heterocycles. The number of rotatable bonds is 10. The second-order valence-corrected chi connectivity index (χ2v) is 9.68. The fourth-order valence-corrected chi connectivity index (χ4v) is 5.07. The number of hydrogen-bond donors (Lipinski definition) is 2. The Morgan fingerprint density at radius 1 is 0.944 bits per heavy atom. The van der Waals surface area contributed by atoms with Gasteiger partial charge in [-0.3, -0.25) is 9.48 Å². The second kappa shape index (κ2) is 10.1. The third kappa shape index (κ3) is 4.71. The van der Waals surface area contributed by atoms with E-state index in [2.05, 4.69) is 36.3 Å². The minimum atomic E-state index is -0.724. The Morgan fingerprint density at radius 2 is 1.56 bits per heavy atom. The first-order chi connectivity index (χ1) is 17.5. The van der Waals surface area contributed by atoms with Gasteiger partial charge >= 0.3 is 5.97 Å². The summed E-state index contributed by atoms with van der Waals surface area (Å²) in [6.45, 7) is 2.90. The van der Waals surface area contributed by atoms with E-state index in [0.29, 0.717) is 6.42 Å². The number of aliphatic hydroxyl groups excluding tert-OH is 1. The molecule has 1 heterocycles. The molecule has 1 aromatic heterocycles. The maximum atomic E-state index is 11.6. The van der Waals surface area contributed by atoms with Crippen molar-refractivity contribution in [3.63, 3.8) is 0 Å². The predicted molar refractivity (Wildman–Crippen MR) is 142 cm³/mol. The summed E-state index contributed by atoms with van der Waals surface area (Å²) < 4.78 is 2.05. The quantitative estimate of drug-likeness (QED) is 0.275. The van der Waals surface area contributed by atoms with Crippen LogP contribution >= 0.6 is 0 Å². The van der Waals surface area contributed by atoms with Crippen molar-refractivity contribution in [3.8, 4) is 22.3 Å². The highest BCUT2D eigenvalue weighted by Crippen LogP contribution is 2.48. The Labute approximate surface area is 212 Å². The molecular weight excluding hydrogens is 448 g/mol. The zero-order valence-corrected chi connectivity index (χ0v) is 20.6. The highest BCUT2D eigenvalue weighted by Gasteiger charge is 2.51. The van der Waals surface area contributed by atoms with Crippen molar-refractivity contribution in [1.29, 1.82) is 0 Å². The lowest BCUT2D eigenvalue weighted by atomic mass is 9.93. The van der Waals surface area contributed by atoms with Crippen LogP contribution in [-0.4, -0.2) is 26.0 Å². The second-order valence-electron chi connectivity index (χ2n) is 9.68. The van der Waals surface area contributed by atoms with Crippen LogP contribution < -0.4 is 0 Å². The Balaban J connectivity index is 1.29. The lowest BCUT2D eigenvalue weighted by molar-refractivity contribution is -0.140. The third-order valence-electron chi connectivity index (χ3n) is 7.45. The number of aromatic nitrogens is 2. The molecule has 4 aromatic rings. The van der Waals surface area contributed by atoms with E-state index in [-0.39, 0.29) is 0 Å². The SMILES string of the molecule is CCn1ncc(-c2ccc(-c3ccc(C4(C(=O)O)CC4)cc3)cc2)c1CCCC(O)c1ccccc1. The van der Waals surface area contributed by atoms with Crippen LogP contribution in [0.25, 0.3) is 22.3 Å². The fourth-order valence-electron chi connectivity index (χ4n) is 5.07. The molecule has 36 heavy (non-hydrogen) atoms. The van der Waals surface area contributed by atoms with Gasteiger partial charge in [0.25, 0.3) is 0 Å². The zero-order valence-electron chi connectivity index (χ0n) is 20.6. The van der Waals surface area contributed by atoms with Gasteiger partial charge in [0.2, 0.25) is 0 Å². The number of carboxylic acids is 1. The van der Waals surface area contributed by atoms with E-state index in [1.165, 1.54) is 5.69 Å². The van der Waals surface area contributed by atoms with Crippen LogP contribution in [0.2, 0.25) is 0 Å². The molecule has 0 bridgehead atoms. The predicted octanol–water partition coefficient (Wildman–Crippen LogP) is 6.41. The van der Waals surface area contributed by atoms with Gasteiger partial charge in [-0.15, -0.1) is 0 Å². The summed E-state index contributed by atoms with van der Waals surface area (Å²) >= 11 is 0. The van der Waals surface area contributed by atoms with Gasteiger partial charge in [0, 0.05) is 17.8 Å². The van der Waals surface area contributed by atoms with Crippen LogP contribution in [0.4, 0.5) is 0 Å². The number of aliphatic hydroxyl groups is 1. The molecule has 1 saturated carbocycles. The summed E-state index contributed by atoms with van der Waals surface area (Å²) in [5.74, 6) is -0.724. The molecule has 0 aliphatic heterocycles. The van der Waals surface area contributed by atoms with Crippen molar-refractivity contribution < 1.29 is 15.0 Å². The molecule has 0 spiro atoms. The molecule has 5 heteroatoms. The van der Waals surface area contributed by atoms with Crippen molar-refractivity contribution >= 4 is 5.97 Å². The normalized spacial score (nSPS) is 14.9. The number of hydrogen-bond acceptors (Lipinski definition) is 3. The average molecular weight is 481 g/mol. The highest BCUT2D eigenvalue weighted by molar-refractivity contribution is 5.85. The number of aliphatic carboxylic acids is 1. The summed E-state index contributed by atoms with van der Waals surface area (Å²) in [5, 5.41) is 24.7. The van der Waals surface area contributed by atoms with E-state index >= 15 is 0 Å². The Bertz CT molecular complexity index is 1320. The van der Waals surface area contributed by atoms with Crippen molar-refractivity contribution in [1.82, 2.24) is 9.78 Å². The van der Waals surface area contributed by atoms with E-state index in [1.54, 1.807) is 0 Å². The number of carbonyl (C=O) groups is 1. The molecule has 0 radical (unpaired) electrons. The minimum absolute atomic E-state index is 0.455. The average Bonchev–Trinajstić information content (AvgIpc) is 3.64. The monoisotopic (exact) mass is 480 g/mol. The molecule has 1 unspecified atom stereocenters. The topological polar surface area (TPSA) is 75.4 Å². The van der Waals surface area contributed by atoms with Gasteiger partial charge < -0.3 is 10.2 Å². The first-order valence-corrected chi connectivity index (χ1v) is 12.7. The lowest BCUT2D eigenvalue weighted by Gasteiger charge is -2.13. The van der Waals surface area contributed by atoms with Crippen LogP contribution in [-0.2, 0) is 23.2 Å². The molecule has 1 atom stereocenters. The third-order valence-corrected chi connectivity index (χ3v) is 7.45. The van der Waals surface area contributed by atoms with E-state index in [0.717, 1.165) is 65.6 Å². The van der Waals surface area contributed by atoms with Crippen molar-refractivity contribution in [3.05, 3.63) is 102 Å². The van der Waals surface area contributed by atoms with Crippen LogP contribution in [0.15, 0.2) is 85.1 Å². The van der Waals surface area contributed by atoms with Crippen LogP contribution in [0, 0.1) is 0 Å². The largest absolute Gasteiger partial charge is 0.481 e. The Hall–Kier alpha value is -3.70. The van der Waals surface area contributed by atoms with E-state index in [9.17, 15) is 15.0 Å². The molecule has 1 aliphatic carbocycles. The summed E-state index contributed by atoms with van der Waals surface area (Å²) in [5.41, 5.74) is 6.80. The maximum Gasteiger partial charge on any atom is 0.314 e. The zero-order chi connectivity index (χ0) is 25.1. The summed E-state index contributed by atoms with van der Waals surface area (Å²) in [6.07, 6.45) is 5.35. The highest BCUT2D eigenvalue weighted by atomic mass is 16.4. The molecule has 5 nitrogen and oxygen atoms in total. The number of carboxylic acid groups (broad SMARTS) is 1. The molecule has 2 N–H and O–H groups in total. The summed E-state index contributed by atoms with van der Waals surface area (Å²) in [6, 6.07) is 26.3. The van der Waals surface area contributed by atoms with E-state index in [4.69, 9.17) is 0 Å². The number of nitrogens with zero attached hydrogens (tertiary/aromatic N) is 2. The Kier molecular flexibility index (Phi) is 6.75. The van der Waals surface area contributed by atoms with Crippen molar-refractivity contribution in [2.75, 3.05) is 0 Å². The summed E-state index contributed by atoms with van der Waals surface area (Å²) in [7, 11) is 0. The first kappa shape index (κ1) is 24.0. The van der Waals surface area contributed by atoms with Crippen molar-refractivity contribution in [2.24, 2.45) is 0 Å². The van der Waals surface area contributed by atoms with Gasteiger partial charge in [-0.1, -0.05) is 78.9 Å². The van der Waals surface area contributed by atoms with Crippen LogP contribution in [0.3, 0.4) is 0 Å². The Morgan fingerprint density at radius 3 is 2.14 bits per heavy atom.